The van der Waals surface area contributed by atoms with Crippen molar-refractivity contribution in [3.8, 4) is 11.8 Å². The van der Waals surface area contributed by atoms with Crippen molar-refractivity contribution in [2.75, 3.05) is 11.9 Å². The Bertz CT molecular complexity index is 866. The molecular formula is C20H17ClN2O2. The first-order chi connectivity index (χ1) is 12.0. The van der Waals surface area contributed by atoms with Crippen molar-refractivity contribution in [3.05, 3.63) is 76.8 Å². The average molecular weight is 353 g/mol. The number of nitrogens with one attached hydrogen (secondary N) is 1. The minimum Gasteiger partial charge on any atom is -0.488 e. The molecule has 0 bridgehead atoms. The van der Waals surface area contributed by atoms with E-state index >= 15 is 0 Å². The summed E-state index contributed by atoms with van der Waals surface area (Å²) in [5.41, 5.74) is 2.27. The van der Waals surface area contributed by atoms with Gasteiger partial charge in [0.05, 0.1) is 5.02 Å². The van der Waals surface area contributed by atoms with Crippen molar-refractivity contribution in [1.82, 2.24) is 0 Å². The Hall–Kier alpha value is -3.03. The van der Waals surface area contributed by atoms with Crippen LogP contribution in [0.3, 0.4) is 0 Å². The molecule has 4 nitrogen and oxygen atoms in total. The number of hydrogen-bond acceptors (Lipinski definition) is 3. The van der Waals surface area contributed by atoms with Crippen molar-refractivity contribution in [1.29, 1.82) is 5.26 Å². The van der Waals surface area contributed by atoms with E-state index in [9.17, 15) is 10.1 Å². The summed E-state index contributed by atoms with van der Waals surface area (Å²) in [6.07, 6.45) is 3.10. The van der Waals surface area contributed by atoms with Crippen LogP contribution in [0.15, 0.2) is 60.7 Å². The lowest BCUT2D eigenvalue weighted by Crippen LogP contribution is -2.13. The van der Waals surface area contributed by atoms with E-state index in [1.54, 1.807) is 30.3 Å². The summed E-state index contributed by atoms with van der Waals surface area (Å²) in [5.74, 6) is 0.0395. The number of benzene rings is 2. The van der Waals surface area contributed by atoms with E-state index in [-0.39, 0.29) is 5.57 Å². The Kier molecular flexibility index (Phi) is 6.39. The van der Waals surface area contributed by atoms with Crippen LogP contribution < -0.4 is 10.1 Å². The summed E-state index contributed by atoms with van der Waals surface area (Å²) in [6, 6.07) is 14.3. The lowest BCUT2D eigenvalue weighted by Gasteiger charge is -2.07. The number of anilines is 1. The van der Waals surface area contributed by atoms with Crippen LogP contribution in [-0.4, -0.2) is 12.5 Å². The molecule has 0 unspecified atom stereocenters. The molecule has 0 aliphatic heterocycles. The molecule has 0 aliphatic rings. The van der Waals surface area contributed by atoms with Crippen molar-refractivity contribution in [2.45, 2.75) is 6.92 Å². The Labute approximate surface area is 152 Å². The fourth-order valence-corrected chi connectivity index (χ4v) is 2.35. The molecule has 0 aromatic heterocycles. The van der Waals surface area contributed by atoms with Gasteiger partial charge in [-0.2, -0.15) is 5.26 Å². The lowest BCUT2D eigenvalue weighted by molar-refractivity contribution is -0.112. The van der Waals surface area contributed by atoms with E-state index in [1.807, 2.05) is 31.2 Å². The SMILES string of the molecule is C=CCOc1ccc(/C=C(\C#N)C(=O)Nc2cccc(C)c2)cc1Cl. The predicted molar refractivity (Wildman–Crippen MR) is 101 cm³/mol. The zero-order valence-corrected chi connectivity index (χ0v) is 14.5. The van der Waals surface area contributed by atoms with Gasteiger partial charge in [-0.15, -0.1) is 0 Å². The molecule has 5 heteroatoms. The molecule has 1 amide bonds. The Balaban J connectivity index is 2.19. The molecule has 0 spiro atoms. The summed E-state index contributed by atoms with van der Waals surface area (Å²) in [7, 11) is 0. The van der Waals surface area contributed by atoms with E-state index in [1.165, 1.54) is 6.08 Å². The quantitative estimate of drug-likeness (QED) is 0.463. The summed E-state index contributed by atoms with van der Waals surface area (Å²) < 4.78 is 5.39. The number of aryl methyl sites for hydroxylation is 1. The van der Waals surface area contributed by atoms with Crippen LogP contribution >= 0.6 is 11.6 Å². The van der Waals surface area contributed by atoms with Crippen LogP contribution in [0.4, 0.5) is 5.69 Å². The first-order valence-corrected chi connectivity index (χ1v) is 7.94. The minimum atomic E-state index is -0.476. The van der Waals surface area contributed by atoms with Gasteiger partial charge in [-0.3, -0.25) is 4.79 Å². The molecule has 0 atom stereocenters. The molecule has 2 aromatic carbocycles. The molecule has 0 saturated heterocycles. The first-order valence-electron chi connectivity index (χ1n) is 7.56. The monoisotopic (exact) mass is 352 g/mol. The summed E-state index contributed by atoms with van der Waals surface area (Å²) in [4.78, 5) is 12.3. The second-order valence-corrected chi connectivity index (χ2v) is 5.69. The molecule has 0 radical (unpaired) electrons. The molecule has 0 saturated carbocycles. The van der Waals surface area contributed by atoms with Gasteiger partial charge in [-0.05, 0) is 48.4 Å². The van der Waals surface area contributed by atoms with Gasteiger partial charge >= 0.3 is 0 Å². The summed E-state index contributed by atoms with van der Waals surface area (Å²) in [5, 5.41) is 12.4. The maximum Gasteiger partial charge on any atom is 0.266 e. The molecule has 2 aromatic rings. The van der Waals surface area contributed by atoms with E-state index in [0.717, 1.165) is 5.56 Å². The van der Waals surface area contributed by atoms with E-state index in [4.69, 9.17) is 16.3 Å². The molecule has 0 fully saturated rings. The smallest absolute Gasteiger partial charge is 0.266 e. The lowest BCUT2D eigenvalue weighted by atomic mass is 10.1. The van der Waals surface area contributed by atoms with Crippen molar-refractivity contribution in [2.24, 2.45) is 0 Å². The standard InChI is InChI=1S/C20H17ClN2O2/c1-3-9-25-19-8-7-15(12-18(19)21)11-16(13-22)20(24)23-17-6-4-5-14(2)10-17/h3-8,10-12H,1,9H2,2H3,(H,23,24)/b16-11+. The highest BCUT2D eigenvalue weighted by atomic mass is 35.5. The number of rotatable bonds is 6. The highest BCUT2D eigenvalue weighted by Crippen LogP contribution is 2.26. The predicted octanol–water partition coefficient (Wildman–Crippen LogP) is 4.76. The maximum absolute atomic E-state index is 12.3. The highest BCUT2D eigenvalue weighted by Gasteiger charge is 2.10. The van der Waals surface area contributed by atoms with Gasteiger partial charge < -0.3 is 10.1 Å². The number of ether oxygens (including phenoxy) is 1. The van der Waals surface area contributed by atoms with Gasteiger partial charge in [0, 0.05) is 5.69 Å². The summed E-state index contributed by atoms with van der Waals surface area (Å²) in [6.45, 7) is 5.84. The van der Waals surface area contributed by atoms with Gasteiger partial charge in [0.25, 0.3) is 5.91 Å². The zero-order valence-electron chi connectivity index (χ0n) is 13.8. The van der Waals surface area contributed by atoms with Gasteiger partial charge in [0.2, 0.25) is 0 Å². The van der Waals surface area contributed by atoms with E-state index in [2.05, 4.69) is 11.9 Å². The van der Waals surface area contributed by atoms with Gasteiger partial charge in [-0.25, -0.2) is 0 Å². The van der Waals surface area contributed by atoms with Crippen LogP contribution in [0.25, 0.3) is 6.08 Å². The second-order valence-electron chi connectivity index (χ2n) is 5.28. The third-order valence-corrected chi connectivity index (χ3v) is 3.56. The van der Waals surface area contributed by atoms with E-state index < -0.39 is 5.91 Å². The molecule has 1 N–H and O–H groups in total. The van der Waals surface area contributed by atoms with Crippen molar-refractivity contribution >= 4 is 29.3 Å². The van der Waals surface area contributed by atoms with E-state index in [0.29, 0.717) is 28.6 Å². The number of amides is 1. The number of nitriles is 1. The van der Waals surface area contributed by atoms with Crippen LogP contribution in [0.1, 0.15) is 11.1 Å². The number of carbonyl (C=O) groups is 1. The van der Waals surface area contributed by atoms with Crippen molar-refractivity contribution < 1.29 is 9.53 Å². The van der Waals surface area contributed by atoms with Crippen LogP contribution in [0, 0.1) is 18.3 Å². The molecule has 0 aliphatic carbocycles. The third kappa shape index (κ3) is 5.23. The largest absolute Gasteiger partial charge is 0.488 e. The maximum atomic E-state index is 12.3. The number of hydrogen-bond donors (Lipinski definition) is 1. The highest BCUT2D eigenvalue weighted by molar-refractivity contribution is 6.32. The Morgan fingerprint density at radius 2 is 2.16 bits per heavy atom. The fraction of sp³-hybridized carbons (Fsp3) is 0.100. The van der Waals surface area contributed by atoms with Crippen LogP contribution in [0.2, 0.25) is 5.02 Å². The van der Waals surface area contributed by atoms with Gasteiger partial charge in [0.15, 0.2) is 0 Å². The van der Waals surface area contributed by atoms with Gasteiger partial charge in [-0.1, -0.05) is 42.5 Å². The third-order valence-electron chi connectivity index (χ3n) is 3.26. The van der Waals surface area contributed by atoms with Crippen LogP contribution in [0.5, 0.6) is 5.75 Å². The first kappa shape index (κ1) is 18.3. The molecule has 25 heavy (non-hydrogen) atoms. The summed E-state index contributed by atoms with van der Waals surface area (Å²) >= 11 is 6.15. The van der Waals surface area contributed by atoms with Crippen LogP contribution in [-0.2, 0) is 4.79 Å². The minimum absolute atomic E-state index is 0.0164. The second kappa shape index (κ2) is 8.72. The zero-order chi connectivity index (χ0) is 18.2. The topological polar surface area (TPSA) is 62.1 Å². The number of halogens is 1. The van der Waals surface area contributed by atoms with Crippen molar-refractivity contribution in [3.63, 3.8) is 0 Å². The Morgan fingerprint density at radius 3 is 2.80 bits per heavy atom. The normalized spacial score (nSPS) is 10.7. The Morgan fingerprint density at radius 1 is 1.36 bits per heavy atom. The molecular weight excluding hydrogens is 336 g/mol. The average Bonchev–Trinajstić information content (AvgIpc) is 2.58. The molecule has 2 rings (SSSR count). The molecule has 0 heterocycles. The van der Waals surface area contributed by atoms with Gasteiger partial charge in [0.1, 0.15) is 24.0 Å². The fourth-order valence-electron chi connectivity index (χ4n) is 2.11. The number of carbonyl (C=O) groups excluding carboxylic acids is 1. The number of nitrogens with zero attached hydrogens (tertiary/aromatic N) is 1. The molecule has 126 valence electrons.